The summed E-state index contributed by atoms with van der Waals surface area (Å²) in [6, 6.07) is 0. The third-order valence-electron chi connectivity index (χ3n) is 2.90. The maximum Gasteiger partial charge on any atom is 0.222 e. The summed E-state index contributed by atoms with van der Waals surface area (Å²) in [6.07, 6.45) is 3.36. The van der Waals surface area contributed by atoms with Crippen LogP contribution in [0.25, 0.3) is 0 Å². The molecular formula is C12H23N3O. The molecule has 0 saturated carbocycles. The van der Waals surface area contributed by atoms with Crippen molar-refractivity contribution in [2.24, 2.45) is 0 Å². The lowest BCUT2D eigenvalue weighted by atomic mass is 10.2. The van der Waals surface area contributed by atoms with Gasteiger partial charge in [-0.25, -0.2) is 0 Å². The molecular weight excluding hydrogens is 202 g/mol. The molecule has 1 aliphatic heterocycles. The van der Waals surface area contributed by atoms with Gasteiger partial charge in [0.25, 0.3) is 0 Å². The number of nitrogens with zero attached hydrogens (tertiary/aromatic N) is 2. The monoisotopic (exact) mass is 225 g/mol. The topological polar surface area (TPSA) is 35.6 Å². The van der Waals surface area contributed by atoms with Gasteiger partial charge in [0.15, 0.2) is 0 Å². The van der Waals surface area contributed by atoms with Crippen molar-refractivity contribution in [3.63, 3.8) is 0 Å². The van der Waals surface area contributed by atoms with Gasteiger partial charge in [-0.05, 0) is 13.0 Å². The molecule has 0 unspecified atom stereocenters. The molecule has 0 radical (unpaired) electrons. The van der Waals surface area contributed by atoms with Crippen LogP contribution in [0.5, 0.6) is 0 Å². The summed E-state index contributed by atoms with van der Waals surface area (Å²) in [4.78, 5) is 15.8. The van der Waals surface area contributed by atoms with E-state index in [0.29, 0.717) is 13.0 Å². The number of piperazine rings is 1. The molecule has 0 aromatic heterocycles. The molecule has 0 aliphatic carbocycles. The first-order chi connectivity index (χ1) is 7.74. The van der Waals surface area contributed by atoms with E-state index < -0.39 is 0 Å². The van der Waals surface area contributed by atoms with Crippen molar-refractivity contribution in [3.8, 4) is 0 Å². The molecule has 0 bridgehead atoms. The summed E-state index contributed by atoms with van der Waals surface area (Å²) >= 11 is 0. The number of carbonyl (C=O) groups is 1. The highest BCUT2D eigenvalue weighted by molar-refractivity contribution is 5.75. The Hall–Kier alpha value is -0.870. The number of amides is 1. The van der Waals surface area contributed by atoms with Crippen LogP contribution in [0.4, 0.5) is 0 Å². The fourth-order valence-electron chi connectivity index (χ4n) is 1.87. The van der Waals surface area contributed by atoms with Crippen molar-refractivity contribution >= 4 is 5.91 Å². The Morgan fingerprint density at radius 1 is 1.50 bits per heavy atom. The number of hydrogen-bond donors (Lipinski definition) is 1. The minimum atomic E-state index is 0.218. The minimum absolute atomic E-state index is 0.218. The first-order valence-corrected chi connectivity index (χ1v) is 6.02. The summed E-state index contributed by atoms with van der Waals surface area (Å²) in [6.45, 7) is 9.67. The number of hydrogen-bond acceptors (Lipinski definition) is 3. The van der Waals surface area contributed by atoms with E-state index >= 15 is 0 Å². The van der Waals surface area contributed by atoms with Crippen LogP contribution in [0, 0.1) is 0 Å². The molecule has 4 heteroatoms. The second-order valence-electron chi connectivity index (χ2n) is 4.26. The van der Waals surface area contributed by atoms with Crippen LogP contribution in [0.2, 0.25) is 0 Å². The summed E-state index contributed by atoms with van der Waals surface area (Å²) in [7, 11) is 1.83. The Labute approximate surface area is 98.3 Å². The van der Waals surface area contributed by atoms with Gasteiger partial charge in [-0.2, -0.15) is 0 Å². The maximum atomic E-state index is 11.6. The maximum absolute atomic E-state index is 11.6. The molecule has 1 heterocycles. The Kier molecular flexibility index (Phi) is 6.11. The predicted octanol–water partition coefficient (Wildman–Crippen LogP) is 0.316. The molecule has 1 N–H and O–H groups in total. The largest absolute Gasteiger partial charge is 0.342 e. The second-order valence-corrected chi connectivity index (χ2v) is 4.26. The molecule has 0 aromatic rings. The van der Waals surface area contributed by atoms with Gasteiger partial charge in [-0.3, -0.25) is 4.79 Å². The molecule has 92 valence electrons. The van der Waals surface area contributed by atoms with Crippen LogP contribution in [-0.2, 0) is 4.79 Å². The van der Waals surface area contributed by atoms with Gasteiger partial charge in [-0.1, -0.05) is 6.08 Å². The number of rotatable bonds is 6. The van der Waals surface area contributed by atoms with Crippen LogP contribution in [0.15, 0.2) is 12.7 Å². The Morgan fingerprint density at radius 2 is 2.19 bits per heavy atom. The van der Waals surface area contributed by atoms with E-state index in [0.717, 1.165) is 39.1 Å². The predicted molar refractivity (Wildman–Crippen MR) is 66.4 cm³/mol. The average molecular weight is 225 g/mol. The highest BCUT2D eigenvalue weighted by Crippen LogP contribution is 2.00. The van der Waals surface area contributed by atoms with Gasteiger partial charge in [0.1, 0.15) is 0 Å². The quantitative estimate of drug-likeness (QED) is 0.661. The van der Waals surface area contributed by atoms with Crippen molar-refractivity contribution in [2.45, 2.75) is 12.8 Å². The van der Waals surface area contributed by atoms with E-state index in [4.69, 9.17) is 0 Å². The van der Waals surface area contributed by atoms with Gasteiger partial charge in [-0.15, -0.1) is 6.58 Å². The SMILES string of the molecule is C=CCN(C)C(=O)CCCN1CCNCC1. The van der Waals surface area contributed by atoms with Crippen LogP contribution in [0.3, 0.4) is 0 Å². The number of likely N-dealkylation sites (N-methyl/N-ethyl adjacent to an activating group) is 1. The molecule has 16 heavy (non-hydrogen) atoms. The molecule has 0 atom stereocenters. The zero-order chi connectivity index (χ0) is 11.8. The van der Waals surface area contributed by atoms with Crippen LogP contribution < -0.4 is 5.32 Å². The van der Waals surface area contributed by atoms with Gasteiger partial charge in [0, 0.05) is 46.2 Å². The van der Waals surface area contributed by atoms with Crippen molar-refractivity contribution in [1.82, 2.24) is 15.1 Å². The summed E-state index contributed by atoms with van der Waals surface area (Å²) in [5.41, 5.74) is 0. The zero-order valence-corrected chi connectivity index (χ0v) is 10.2. The molecule has 0 aromatic carbocycles. The number of nitrogens with one attached hydrogen (secondary N) is 1. The van der Waals surface area contributed by atoms with Crippen LogP contribution in [0.1, 0.15) is 12.8 Å². The van der Waals surface area contributed by atoms with E-state index in [-0.39, 0.29) is 5.91 Å². The van der Waals surface area contributed by atoms with Gasteiger partial charge < -0.3 is 15.1 Å². The standard InChI is InChI=1S/C12H23N3O/c1-3-8-14(2)12(16)5-4-9-15-10-6-13-7-11-15/h3,13H,1,4-11H2,2H3. The highest BCUT2D eigenvalue weighted by atomic mass is 16.2. The summed E-state index contributed by atoms with van der Waals surface area (Å²) < 4.78 is 0. The van der Waals surface area contributed by atoms with E-state index in [1.807, 2.05) is 7.05 Å². The first-order valence-electron chi connectivity index (χ1n) is 6.02. The van der Waals surface area contributed by atoms with E-state index in [1.54, 1.807) is 11.0 Å². The first kappa shape index (κ1) is 13.2. The normalized spacial score (nSPS) is 17.1. The summed E-state index contributed by atoms with van der Waals surface area (Å²) in [5, 5.41) is 3.32. The molecule has 0 spiro atoms. The van der Waals surface area contributed by atoms with Crippen molar-refractivity contribution in [3.05, 3.63) is 12.7 Å². The molecule has 4 nitrogen and oxygen atoms in total. The van der Waals surface area contributed by atoms with Crippen LogP contribution >= 0.6 is 0 Å². The van der Waals surface area contributed by atoms with Crippen molar-refractivity contribution in [2.75, 3.05) is 46.3 Å². The van der Waals surface area contributed by atoms with E-state index in [1.165, 1.54) is 0 Å². The lowest BCUT2D eigenvalue weighted by Crippen LogP contribution is -2.43. The molecule has 1 rings (SSSR count). The Morgan fingerprint density at radius 3 is 2.81 bits per heavy atom. The fraction of sp³-hybridized carbons (Fsp3) is 0.750. The van der Waals surface area contributed by atoms with Crippen molar-refractivity contribution < 1.29 is 4.79 Å². The number of carbonyl (C=O) groups excluding carboxylic acids is 1. The molecule has 1 fully saturated rings. The summed E-state index contributed by atoms with van der Waals surface area (Å²) in [5.74, 6) is 0.218. The average Bonchev–Trinajstić information content (AvgIpc) is 2.30. The van der Waals surface area contributed by atoms with Gasteiger partial charge in [0.2, 0.25) is 5.91 Å². The van der Waals surface area contributed by atoms with E-state index in [9.17, 15) is 4.79 Å². The second kappa shape index (κ2) is 7.41. The molecule has 1 saturated heterocycles. The third-order valence-corrected chi connectivity index (χ3v) is 2.90. The minimum Gasteiger partial charge on any atom is -0.342 e. The Bertz CT molecular complexity index is 224. The smallest absolute Gasteiger partial charge is 0.222 e. The molecule has 1 amide bonds. The highest BCUT2D eigenvalue weighted by Gasteiger charge is 2.11. The fourth-order valence-corrected chi connectivity index (χ4v) is 1.87. The third kappa shape index (κ3) is 4.77. The van der Waals surface area contributed by atoms with Gasteiger partial charge >= 0.3 is 0 Å². The lowest BCUT2D eigenvalue weighted by molar-refractivity contribution is -0.129. The van der Waals surface area contributed by atoms with E-state index in [2.05, 4.69) is 16.8 Å². The Balaban J connectivity index is 2.09. The van der Waals surface area contributed by atoms with Gasteiger partial charge in [0.05, 0.1) is 0 Å². The molecule has 1 aliphatic rings. The zero-order valence-electron chi connectivity index (χ0n) is 10.2. The van der Waals surface area contributed by atoms with Crippen molar-refractivity contribution in [1.29, 1.82) is 0 Å². The lowest BCUT2D eigenvalue weighted by Gasteiger charge is -2.27. The van der Waals surface area contributed by atoms with Crippen LogP contribution in [-0.4, -0.2) is 62.0 Å².